The number of benzene rings is 3. The van der Waals surface area contributed by atoms with Gasteiger partial charge in [-0.15, -0.1) is 0 Å². The van der Waals surface area contributed by atoms with Crippen LogP contribution in [-0.4, -0.2) is 61.3 Å². The quantitative estimate of drug-likeness (QED) is 0.168. The van der Waals surface area contributed by atoms with E-state index in [1.165, 1.54) is 7.11 Å². The summed E-state index contributed by atoms with van der Waals surface area (Å²) in [6.45, 7) is 5.06. The van der Waals surface area contributed by atoms with Crippen molar-refractivity contribution >= 4 is 24.1 Å². The number of esters is 3. The second kappa shape index (κ2) is 13.9. The number of rotatable bonds is 11. The molecule has 0 fully saturated rings. The van der Waals surface area contributed by atoms with E-state index in [2.05, 4.69) is 5.16 Å². The Labute approximate surface area is 227 Å². The maximum atomic E-state index is 13.0. The summed E-state index contributed by atoms with van der Waals surface area (Å²) >= 11 is 0. The van der Waals surface area contributed by atoms with Crippen LogP contribution in [0.15, 0.2) is 78.0 Å². The standard InChI is InChI=1S/C30H31NO8/c1-19-5-11-22(12-6-19)28(33)37-18-25(32)27(39-30(35)24-15-9-21(3)10-16-24)26(17-31-36-4)38-29(34)23-13-7-20(2)8-14-23/h5-17,25-27,32H,18H2,1-4H3. The van der Waals surface area contributed by atoms with Gasteiger partial charge in [-0.2, -0.15) is 0 Å². The Balaban J connectivity index is 1.85. The molecule has 0 radical (unpaired) electrons. The van der Waals surface area contributed by atoms with E-state index in [0.717, 1.165) is 22.9 Å². The number of nitrogens with zero attached hydrogens (tertiary/aromatic N) is 1. The molecular formula is C30H31NO8. The van der Waals surface area contributed by atoms with Crippen LogP contribution in [0.1, 0.15) is 47.8 Å². The van der Waals surface area contributed by atoms with Crippen molar-refractivity contribution in [1.82, 2.24) is 0 Å². The Morgan fingerprint density at radius 1 is 0.718 bits per heavy atom. The fourth-order valence-corrected chi connectivity index (χ4v) is 3.46. The number of ether oxygens (including phenoxy) is 3. The van der Waals surface area contributed by atoms with Crippen molar-refractivity contribution in [1.29, 1.82) is 0 Å². The fourth-order valence-electron chi connectivity index (χ4n) is 3.46. The largest absolute Gasteiger partial charge is 0.459 e. The summed E-state index contributed by atoms with van der Waals surface area (Å²) in [7, 11) is 1.28. The van der Waals surface area contributed by atoms with Crippen LogP contribution in [-0.2, 0) is 19.0 Å². The average molecular weight is 534 g/mol. The molecule has 3 atom stereocenters. The highest BCUT2D eigenvalue weighted by Gasteiger charge is 2.36. The van der Waals surface area contributed by atoms with Crippen LogP contribution < -0.4 is 0 Å². The average Bonchev–Trinajstić information content (AvgIpc) is 2.93. The van der Waals surface area contributed by atoms with E-state index < -0.39 is 42.8 Å². The number of hydrogen-bond donors (Lipinski definition) is 1. The molecule has 0 aliphatic carbocycles. The van der Waals surface area contributed by atoms with Crippen molar-refractivity contribution in [3.05, 3.63) is 106 Å². The zero-order valence-corrected chi connectivity index (χ0v) is 22.2. The third-order valence-corrected chi connectivity index (χ3v) is 5.75. The van der Waals surface area contributed by atoms with Crippen molar-refractivity contribution in [3.63, 3.8) is 0 Å². The van der Waals surface area contributed by atoms with Crippen LogP contribution in [0.3, 0.4) is 0 Å². The molecule has 39 heavy (non-hydrogen) atoms. The van der Waals surface area contributed by atoms with Crippen LogP contribution in [0.5, 0.6) is 0 Å². The lowest BCUT2D eigenvalue weighted by Gasteiger charge is -2.28. The number of carbonyl (C=O) groups excluding carboxylic acids is 3. The molecule has 3 aromatic rings. The van der Waals surface area contributed by atoms with Crippen LogP contribution in [0.2, 0.25) is 0 Å². The van der Waals surface area contributed by atoms with Gasteiger partial charge in [-0.05, 0) is 57.2 Å². The molecule has 1 N–H and O–H groups in total. The highest BCUT2D eigenvalue weighted by Crippen LogP contribution is 2.17. The molecule has 3 aromatic carbocycles. The first-order chi connectivity index (χ1) is 18.7. The van der Waals surface area contributed by atoms with Crippen molar-refractivity contribution in [2.24, 2.45) is 5.16 Å². The minimum atomic E-state index is -1.59. The monoisotopic (exact) mass is 533 g/mol. The molecule has 0 aromatic heterocycles. The molecule has 0 saturated heterocycles. The van der Waals surface area contributed by atoms with Gasteiger partial charge in [0.15, 0.2) is 12.2 Å². The molecule has 0 bridgehead atoms. The van der Waals surface area contributed by atoms with Crippen molar-refractivity contribution < 1.29 is 38.5 Å². The van der Waals surface area contributed by atoms with Crippen LogP contribution in [0.4, 0.5) is 0 Å². The van der Waals surface area contributed by atoms with Gasteiger partial charge < -0.3 is 24.2 Å². The predicted molar refractivity (Wildman–Crippen MR) is 144 cm³/mol. The molecule has 0 saturated carbocycles. The maximum absolute atomic E-state index is 13.0. The summed E-state index contributed by atoms with van der Waals surface area (Å²) in [6.07, 6.45) is -3.39. The molecule has 3 unspecified atom stereocenters. The summed E-state index contributed by atoms with van der Waals surface area (Å²) in [5.74, 6) is -2.22. The summed E-state index contributed by atoms with van der Waals surface area (Å²) in [4.78, 5) is 43.1. The molecule has 9 heteroatoms. The smallest absolute Gasteiger partial charge is 0.338 e. The van der Waals surface area contributed by atoms with Crippen LogP contribution in [0.25, 0.3) is 0 Å². The predicted octanol–water partition coefficient (Wildman–Crippen LogP) is 4.21. The minimum absolute atomic E-state index is 0.210. The summed E-state index contributed by atoms with van der Waals surface area (Å²) in [5.41, 5.74) is 3.57. The second-order valence-electron chi connectivity index (χ2n) is 8.94. The molecule has 0 spiro atoms. The fraction of sp³-hybridized carbons (Fsp3) is 0.267. The number of oxime groups is 1. The third kappa shape index (κ3) is 8.51. The van der Waals surface area contributed by atoms with E-state index in [0.29, 0.717) is 0 Å². The van der Waals surface area contributed by atoms with Gasteiger partial charge in [0.2, 0.25) is 0 Å². The van der Waals surface area contributed by atoms with Gasteiger partial charge in [0.25, 0.3) is 0 Å². The summed E-state index contributed by atoms with van der Waals surface area (Å²) in [6, 6.07) is 19.9. The van der Waals surface area contributed by atoms with Gasteiger partial charge in [-0.3, -0.25) is 0 Å². The first-order valence-corrected chi connectivity index (χ1v) is 12.2. The van der Waals surface area contributed by atoms with E-state index in [9.17, 15) is 19.5 Å². The Hall–Kier alpha value is -4.50. The Morgan fingerprint density at radius 3 is 1.56 bits per heavy atom. The van der Waals surface area contributed by atoms with Gasteiger partial charge in [0.05, 0.1) is 22.9 Å². The molecule has 0 amide bonds. The van der Waals surface area contributed by atoms with E-state index in [1.807, 2.05) is 20.8 Å². The van der Waals surface area contributed by atoms with Gasteiger partial charge in [0, 0.05) is 0 Å². The number of aliphatic hydroxyl groups is 1. The van der Waals surface area contributed by atoms with Crippen molar-refractivity contribution in [2.45, 2.75) is 39.1 Å². The summed E-state index contributed by atoms with van der Waals surface area (Å²) < 4.78 is 16.5. The second-order valence-corrected chi connectivity index (χ2v) is 8.94. The molecule has 0 aliphatic heterocycles. The van der Waals surface area contributed by atoms with Gasteiger partial charge in [-0.1, -0.05) is 58.2 Å². The lowest BCUT2D eigenvalue weighted by Crippen LogP contribution is -2.46. The van der Waals surface area contributed by atoms with Gasteiger partial charge in [-0.25, -0.2) is 14.4 Å². The van der Waals surface area contributed by atoms with Crippen molar-refractivity contribution in [2.75, 3.05) is 13.7 Å². The first kappa shape index (κ1) is 29.1. The summed E-state index contributed by atoms with van der Waals surface area (Å²) in [5, 5.41) is 14.7. The lowest BCUT2D eigenvalue weighted by molar-refractivity contribution is -0.0784. The zero-order valence-electron chi connectivity index (χ0n) is 22.2. The highest BCUT2D eigenvalue weighted by atomic mass is 16.6. The molecule has 9 nitrogen and oxygen atoms in total. The highest BCUT2D eigenvalue weighted by molar-refractivity contribution is 5.92. The molecular weight excluding hydrogens is 502 g/mol. The SMILES string of the molecule is CON=CC(OC(=O)c1ccc(C)cc1)C(OC(=O)c1ccc(C)cc1)C(O)COC(=O)c1ccc(C)cc1. The normalized spacial score (nSPS) is 13.3. The molecule has 3 rings (SSSR count). The Bertz CT molecular complexity index is 1280. The lowest BCUT2D eigenvalue weighted by atomic mass is 10.1. The minimum Gasteiger partial charge on any atom is -0.459 e. The van der Waals surface area contributed by atoms with E-state index >= 15 is 0 Å². The Morgan fingerprint density at radius 2 is 1.13 bits per heavy atom. The zero-order chi connectivity index (χ0) is 28.4. The molecule has 0 heterocycles. The number of carbonyl (C=O) groups is 3. The third-order valence-electron chi connectivity index (χ3n) is 5.75. The van der Waals surface area contributed by atoms with Crippen LogP contribution in [0, 0.1) is 20.8 Å². The number of aryl methyl sites for hydroxylation is 3. The van der Waals surface area contributed by atoms with E-state index in [1.54, 1.807) is 72.8 Å². The first-order valence-electron chi connectivity index (χ1n) is 12.2. The van der Waals surface area contributed by atoms with Gasteiger partial charge in [0.1, 0.15) is 19.8 Å². The maximum Gasteiger partial charge on any atom is 0.338 e. The molecule has 204 valence electrons. The number of hydrogen-bond acceptors (Lipinski definition) is 9. The molecule has 0 aliphatic rings. The van der Waals surface area contributed by atoms with Crippen molar-refractivity contribution in [3.8, 4) is 0 Å². The topological polar surface area (TPSA) is 121 Å². The Kier molecular flexibility index (Phi) is 10.3. The van der Waals surface area contributed by atoms with Crippen LogP contribution >= 0.6 is 0 Å². The number of aliphatic hydroxyl groups excluding tert-OH is 1. The van der Waals surface area contributed by atoms with E-state index in [4.69, 9.17) is 19.0 Å². The van der Waals surface area contributed by atoms with Gasteiger partial charge >= 0.3 is 17.9 Å². The van der Waals surface area contributed by atoms with E-state index in [-0.39, 0.29) is 16.7 Å².